The number of carbonyl (C=O) groups excluding carboxylic acids is 2. The average Bonchev–Trinajstić information content (AvgIpc) is 2.48. The Hall–Kier alpha value is -1.59. The minimum Gasteiger partial charge on any atom is -0.494 e. The summed E-state index contributed by atoms with van der Waals surface area (Å²) in [6, 6.07) is 7.06. The summed E-state index contributed by atoms with van der Waals surface area (Å²) in [4.78, 5) is 22.8. The second-order valence-electron chi connectivity index (χ2n) is 4.88. The first-order chi connectivity index (χ1) is 10.1. The van der Waals surface area contributed by atoms with Crippen molar-refractivity contribution in [2.24, 2.45) is 5.73 Å². The van der Waals surface area contributed by atoms with Crippen molar-refractivity contribution in [3.05, 3.63) is 29.8 Å². The minimum absolute atomic E-state index is 0. The van der Waals surface area contributed by atoms with Gasteiger partial charge in [-0.05, 0) is 44.9 Å². The SMILES string of the molecule is CC(=O)c1cccc(OCCCC(=O)NCCCCN)c1.Cl. The first kappa shape index (κ1) is 20.4. The molecule has 0 heterocycles. The van der Waals surface area contributed by atoms with Gasteiger partial charge in [0, 0.05) is 18.5 Å². The molecule has 0 bridgehead atoms. The summed E-state index contributed by atoms with van der Waals surface area (Å²) in [5.41, 5.74) is 6.01. The largest absolute Gasteiger partial charge is 0.494 e. The topological polar surface area (TPSA) is 81.4 Å². The Morgan fingerprint density at radius 3 is 2.68 bits per heavy atom. The number of rotatable bonds is 10. The number of amides is 1. The molecule has 0 radical (unpaired) electrons. The van der Waals surface area contributed by atoms with Crippen LogP contribution in [0.5, 0.6) is 5.75 Å². The van der Waals surface area contributed by atoms with Gasteiger partial charge in [-0.25, -0.2) is 0 Å². The number of ether oxygens (including phenoxy) is 1. The number of hydrogen-bond acceptors (Lipinski definition) is 4. The van der Waals surface area contributed by atoms with E-state index >= 15 is 0 Å². The number of carbonyl (C=O) groups is 2. The number of nitrogens with two attached hydrogens (primary N) is 1. The van der Waals surface area contributed by atoms with E-state index in [1.54, 1.807) is 24.3 Å². The molecular formula is C16H25ClN2O3. The van der Waals surface area contributed by atoms with Gasteiger partial charge >= 0.3 is 0 Å². The molecule has 6 heteroatoms. The average molecular weight is 329 g/mol. The monoisotopic (exact) mass is 328 g/mol. The highest BCUT2D eigenvalue weighted by Gasteiger charge is 2.03. The van der Waals surface area contributed by atoms with Crippen LogP contribution in [-0.4, -0.2) is 31.4 Å². The predicted molar refractivity (Wildman–Crippen MR) is 89.7 cm³/mol. The van der Waals surface area contributed by atoms with E-state index in [9.17, 15) is 9.59 Å². The van der Waals surface area contributed by atoms with Crippen molar-refractivity contribution in [3.8, 4) is 5.75 Å². The lowest BCUT2D eigenvalue weighted by molar-refractivity contribution is -0.121. The van der Waals surface area contributed by atoms with Gasteiger partial charge in [0.25, 0.3) is 0 Å². The van der Waals surface area contributed by atoms with Gasteiger partial charge in [-0.1, -0.05) is 12.1 Å². The first-order valence-corrected chi connectivity index (χ1v) is 7.34. The van der Waals surface area contributed by atoms with Crippen molar-refractivity contribution in [1.82, 2.24) is 5.32 Å². The molecule has 0 saturated carbocycles. The van der Waals surface area contributed by atoms with Gasteiger partial charge in [-0.2, -0.15) is 0 Å². The van der Waals surface area contributed by atoms with E-state index in [-0.39, 0.29) is 24.1 Å². The molecule has 1 aromatic carbocycles. The minimum atomic E-state index is 0. The molecule has 0 saturated heterocycles. The second kappa shape index (κ2) is 12.0. The molecule has 0 aromatic heterocycles. The third kappa shape index (κ3) is 8.64. The van der Waals surface area contributed by atoms with Crippen LogP contribution in [0.3, 0.4) is 0 Å². The number of nitrogens with one attached hydrogen (secondary N) is 1. The van der Waals surface area contributed by atoms with Gasteiger partial charge < -0.3 is 15.8 Å². The fourth-order valence-electron chi connectivity index (χ4n) is 1.81. The van der Waals surface area contributed by atoms with Crippen LogP contribution in [-0.2, 0) is 4.79 Å². The molecule has 0 aliphatic carbocycles. The van der Waals surface area contributed by atoms with Gasteiger partial charge in [0.05, 0.1) is 6.61 Å². The van der Waals surface area contributed by atoms with Crippen LogP contribution >= 0.6 is 12.4 Å². The van der Waals surface area contributed by atoms with E-state index in [1.165, 1.54) is 6.92 Å². The lowest BCUT2D eigenvalue weighted by Crippen LogP contribution is -2.25. The molecule has 0 aliphatic rings. The quantitative estimate of drug-likeness (QED) is 0.510. The summed E-state index contributed by atoms with van der Waals surface area (Å²) in [6.45, 7) is 3.31. The third-order valence-corrected chi connectivity index (χ3v) is 3.01. The molecule has 124 valence electrons. The smallest absolute Gasteiger partial charge is 0.220 e. The molecule has 3 N–H and O–H groups in total. The van der Waals surface area contributed by atoms with Crippen molar-refractivity contribution in [1.29, 1.82) is 0 Å². The van der Waals surface area contributed by atoms with Crippen LogP contribution in [0.4, 0.5) is 0 Å². The highest BCUT2D eigenvalue weighted by molar-refractivity contribution is 5.94. The van der Waals surface area contributed by atoms with Crippen LogP contribution in [0, 0.1) is 0 Å². The molecule has 0 fully saturated rings. The van der Waals surface area contributed by atoms with Crippen molar-refractivity contribution in [3.63, 3.8) is 0 Å². The second-order valence-corrected chi connectivity index (χ2v) is 4.88. The number of hydrogen-bond donors (Lipinski definition) is 2. The molecule has 0 unspecified atom stereocenters. The molecule has 1 rings (SSSR count). The number of unbranched alkanes of at least 4 members (excludes halogenated alkanes) is 1. The number of halogens is 1. The zero-order valence-electron chi connectivity index (χ0n) is 13.0. The van der Waals surface area contributed by atoms with Crippen molar-refractivity contribution in [2.75, 3.05) is 19.7 Å². The lowest BCUT2D eigenvalue weighted by atomic mass is 10.1. The Morgan fingerprint density at radius 1 is 1.23 bits per heavy atom. The van der Waals surface area contributed by atoms with Gasteiger partial charge in [-0.3, -0.25) is 9.59 Å². The van der Waals surface area contributed by atoms with Gasteiger partial charge in [0.1, 0.15) is 5.75 Å². The maximum atomic E-state index is 11.5. The number of benzene rings is 1. The van der Waals surface area contributed by atoms with Crippen molar-refractivity contribution < 1.29 is 14.3 Å². The molecule has 22 heavy (non-hydrogen) atoms. The highest BCUT2D eigenvalue weighted by atomic mass is 35.5. The summed E-state index contributed by atoms with van der Waals surface area (Å²) in [5.74, 6) is 0.705. The standard InChI is InChI=1S/C16H24N2O3.ClH/c1-13(19)14-6-4-7-15(12-14)21-11-5-8-16(20)18-10-3-2-9-17;/h4,6-7,12H,2-3,5,8-11,17H2,1H3,(H,18,20);1H. The molecule has 0 atom stereocenters. The molecule has 5 nitrogen and oxygen atoms in total. The summed E-state index contributed by atoms with van der Waals surface area (Å²) >= 11 is 0. The normalized spacial score (nSPS) is 9.73. The molecule has 1 amide bonds. The van der Waals surface area contributed by atoms with E-state index in [2.05, 4.69) is 5.32 Å². The molecule has 1 aromatic rings. The zero-order valence-corrected chi connectivity index (χ0v) is 13.8. The van der Waals surface area contributed by atoms with Crippen molar-refractivity contribution >= 4 is 24.1 Å². The Morgan fingerprint density at radius 2 is 2.00 bits per heavy atom. The summed E-state index contributed by atoms with van der Waals surface area (Å²) < 4.78 is 5.54. The van der Waals surface area contributed by atoms with E-state index in [1.807, 2.05) is 0 Å². The van der Waals surface area contributed by atoms with E-state index in [4.69, 9.17) is 10.5 Å². The zero-order chi connectivity index (χ0) is 15.5. The van der Waals surface area contributed by atoms with Crippen LogP contribution < -0.4 is 15.8 Å². The van der Waals surface area contributed by atoms with Gasteiger partial charge in [-0.15, -0.1) is 12.4 Å². The predicted octanol–water partition coefficient (Wildman–Crippen LogP) is 2.33. The summed E-state index contributed by atoms with van der Waals surface area (Å²) in [7, 11) is 0. The molecule has 0 aliphatic heterocycles. The number of ketones is 1. The van der Waals surface area contributed by atoms with Gasteiger partial charge in [0.15, 0.2) is 5.78 Å². The Labute approximate surface area is 138 Å². The fraction of sp³-hybridized carbons (Fsp3) is 0.500. The van der Waals surface area contributed by atoms with Crippen LogP contribution in [0.15, 0.2) is 24.3 Å². The maximum absolute atomic E-state index is 11.5. The Kier molecular flexibility index (Phi) is 11.1. The summed E-state index contributed by atoms with van der Waals surface area (Å²) in [5, 5.41) is 2.85. The Bertz CT molecular complexity index is 466. The highest BCUT2D eigenvalue weighted by Crippen LogP contribution is 2.14. The third-order valence-electron chi connectivity index (χ3n) is 3.01. The van der Waals surface area contributed by atoms with Gasteiger partial charge in [0.2, 0.25) is 5.91 Å². The van der Waals surface area contributed by atoms with Crippen molar-refractivity contribution in [2.45, 2.75) is 32.6 Å². The van der Waals surface area contributed by atoms with E-state index in [0.717, 1.165) is 12.8 Å². The lowest BCUT2D eigenvalue weighted by Gasteiger charge is -2.07. The summed E-state index contributed by atoms with van der Waals surface area (Å²) in [6.07, 6.45) is 2.93. The fourth-order valence-corrected chi connectivity index (χ4v) is 1.81. The van der Waals surface area contributed by atoms with E-state index < -0.39 is 0 Å². The maximum Gasteiger partial charge on any atom is 0.220 e. The van der Waals surface area contributed by atoms with Crippen LogP contribution in [0.1, 0.15) is 43.0 Å². The number of Topliss-reactive ketones (excluding diaryl/α,β-unsaturated/α-hetero) is 1. The Balaban J connectivity index is 0.00000441. The van der Waals surface area contributed by atoms with Crippen LogP contribution in [0.2, 0.25) is 0 Å². The molecule has 0 spiro atoms. The van der Waals surface area contributed by atoms with Crippen LogP contribution in [0.25, 0.3) is 0 Å². The molecular weight excluding hydrogens is 304 g/mol. The van der Waals surface area contributed by atoms with E-state index in [0.29, 0.717) is 43.9 Å². The first-order valence-electron chi connectivity index (χ1n) is 7.34.